The molecule has 0 unspecified atom stereocenters. The van der Waals surface area contributed by atoms with E-state index in [0.29, 0.717) is 18.9 Å². The van der Waals surface area contributed by atoms with Crippen LogP contribution < -0.4 is 5.32 Å². The highest BCUT2D eigenvalue weighted by molar-refractivity contribution is 5.92. The van der Waals surface area contributed by atoms with Crippen LogP contribution in [0, 0.1) is 5.92 Å². The fraction of sp³-hybridized carbons (Fsp3) is 0.357. The summed E-state index contributed by atoms with van der Waals surface area (Å²) in [4.78, 5) is 16.3. The number of rotatable bonds is 3. The van der Waals surface area contributed by atoms with Crippen molar-refractivity contribution in [3.63, 3.8) is 0 Å². The maximum Gasteiger partial charge on any atom is 0.227 e. The van der Waals surface area contributed by atoms with E-state index in [-0.39, 0.29) is 11.8 Å². The number of ether oxygens (including phenoxy) is 1. The Morgan fingerprint density at radius 2 is 2.20 bits per heavy atom. The minimum Gasteiger partial charge on any atom is -0.381 e. The Bertz CT molecular complexity index is 576. The fourth-order valence-electron chi connectivity index (χ4n) is 2.21. The summed E-state index contributed by atoms with van der Waals surface area (Å²) in [6.45, 7) is 1.32. The zero-order chi connectivity index (χ0) is 13.8. The summed E-state index contributed by atoms with van der Waals surface area (Å²) in [5.74, 6) is 0.787. The molecule has 0 aromatic carbocycles. The van der Waals surface area contributed by atoms with Gasteiger partial charge in [-0.15, -0.1) is 0 Å². The molecule has 2 aromatic rings. The van der Waals surface area contributed by atoms with Gasteiger partial charge in [-0.1, -0.05) is 6.07 Å². The second kappa shape index (κ2) is 5.83. The van der Waals surface area contributed by atoms with E-state index in [4.69, 9.17) is 4.74 Å². The van der Waals surface area contributed by atoms with Crippen LogP contribution in [0.1, 0.15) is 12.8 Å². The summed E-state index contributed by atoms with van der Waals surface area (Å²) >= 11 is 0. The Labute approximate surface area is 116 Å². The second-order valence-electron chi connectivity index (χ2n) is 4.74. The van der Waals surface area contributed by atoms with Crippen LogP contribution in [0.15, 0.2) is 36.8 Å². The average Bonchev–Trinajstić information content (AvgIpc) is 2.97. The first-order valence-electron chi connectivity index (χ1n) is 6.67. The van der Waals surface area contributed by atoms with E-state index in [0.717, 1.165) is 18.7 Å². The first kappa shape index (κ1) is 12.8. The Balaban J connectivity index is 1.66. The highest BCUT2D eigenvalue weighted by Gasteiger charge is 2.21. The molecule has 20 heavy (non-hydrogen) atoms. The van der Waals surface area contributed by atoms with Gasteiger partial charge in [0.2, 0.25) is 5.91 Å². The van der Waals surface area contributed by atoms with Crippen LogP contribution in [0.4, 0.5) is 5.69 Å². The minimum atomic E-state index is 0.0296. The van der Waals surface area contributed by atoms with Gasteiger partial charge in [0.15, 0.2) is 5.82 Å². The van der Waals surface area contributed by atoms with Crippen molar-refractivity contribution < 1.29 is 9.53 Å². The van der Waals surface area contributed by atoms with E-state index in [9.17, 15) is 4.79 Å². The summed E-state index contributed by atoms with van der Waals surface area (Å²) in [7, 11) is 0. The van der Waals surface area contributed by atoms with Crippen LogP contribution in [0.5, 0.6) is 0 Å². The van der Waals surface area contributed by atoms with Crippen LogP contribution in [0.3, 0.4) is 0 Å². The summed E-state index contributed by atoms with van der Waals surface area (Å²) in [5.41, 5.74) is 0.687. The zero-order valence-electron chi connectivity index (χ0n) is 11.0. The van der Waals surface area contributed by atoms with E-state index in [1.54, 1.807) is 23.3 Å². The lowest BCUT2D eigenvalue weighted by molar-refractivity contribution is -0.122. The molecular formula is C14H16N4O2. The first-order chi connectivity index (χ1) is 9.83. The van der Waals surface area contributed by atoms with Crippen LogP contribution in [-0.4, -0.2) is 33.9 Å². The number of anilines is 1. The molecule has 1 amide bonds. The number of carbonyl (C=O) groups is 1. The lowest BCUT2D eigenvalue weighted by atomic mass is 9.99. The Morgan fingerprint density at radius 3 is 2.95 bits per heavy atom. The lowest BCUT2D eigenvalue weighted by Crippen LogP contribution is -2.28. The van der Waals surface area contributed by atoms with Crippen molar-refractivity contribution in [2.45, 2.75) is 12.8 Å². The quantitative estimate of drug-likeness (QED) is 0.922. The Kier molecular flexibility index (Phi) is 3.73. The van der Waals surface area contributed by atoms with E-state index >= 15 is 0 Å². The lowest BCUT2D eigenvalue weighted by Gasteiger charge is -2.20. The van der Waals surface area contributed by atoms with E-state index in [1.165, 1.54) is 0 Å². The number of pyridine rings is 1. The van der Waals surface area contributed by atoms with E-state index in [1.807, 2.05) is 18.2 Å². The SMILES string of the molecule is O=C(Nc1cnn(-c2ccccn2)c1)C1CCOCC1. The molecule has 1 fully saturated rings. The van der Waals surface area contributed by atoms with Crippen molar-refractivity contribution >= 4 is 11.6 Å². The molecule has 0 radical (unpaired) electrons. The van der Waals surface area contributed by atoms with Gasteiger partial charge >= 0.3 is 0 Å². The van der Waals surface area contributed by atoms with Gasteiger partial charge in [0.05, 0.1) is 18.1 Å². The van der Waals surface area contributed by atoms with Gasteiger partial charge in [0.1, 0.15) is 0 Å². The molecule has 3 heterocycles. The molecule has 1 saturated heterocycles. The number of carbonyl (C=O) groups excluding carboxylic acids is 1. The van der Waals surface area contributed by atoms with E-state index in [2.05, 4.69) is 15.4 Å². The van der Waals surface area contributed by atoms with Gasteiger partial charge in [0.25, 0.3) is 0 Å². The number of hydrogen-bond acceptors (Lipinski definition) is 4. The molecule has 6 heteroatoms. The maximum absolute atomic E-state index is 12.1. The number of nitrogens with one attached hydrogen (secondary N) is 1. The van der Waals surface area contributed by atoms with E-state index < -0.39 is 0 Å². The van der Waals surface area contributed by atoms with Crippen molar-refractivity contribution in [2.75, 3.05) is 18.5 Å². The van der Waals surface area contributed by atoms with Crippen LogP contribution in [-0.2, 0) is 9.53 Å². The second-order valence-corrected chi connectivity index (χ2v) is 4.74. The molecule has 6 nitrogen and oxygen atoms in total. The highest BCUT2D eigenvalue weighted by atomic mass is 16.5. The standard InChI is InChI=1S/C14H16N4O2/c19-14(11-4-7-20-8-5-11)17-12-9-16-18(10-12)13-3-1-2-6-15-13/h1-3,6,9-11H,4-5,7-8H2,(H,17,19). The molecular weight excluding hydrogens is 256 g/mol. The first-order valence-corrected chi connectivity index (χ1v) is 6.67. The predicted molar refractivity (Wildman–Crippen MR) is 73.5 cm³/mol. The van der Waals surface area contributed by atoms with Crippen molar-refractivity contribution in [1.82, 2.24) is 14.8 Å². The molecule has 0 atom stereocenters. The largest absolute Gasteiger partial charge is 0.381 e. The van der Waals surface area contributed by atoms with Gasteiger partial charge in [-0.3, -0.25) is 4.79 Å². The van der Waals surface area contributed by atoms with Crippen molar-refractivity contribution in [2.24, 2.45) is 5.92 Å². The molecule has 3 rings (SSSR count). The predicted octanol–water partition coefficient (Wildman–Crippen LogP) is 1.63. The van der Waals surface area contributed by atoms with Crippen LogP contribution >= 0.6 is 0 Å². The van der Waals surface area contributed by atoms with Crippen molar-refractivity contribution in [3.05, 3.63) is 36.8 Å². The number of hydrogen-bond donors (Lipinski definition) is 1. The maximum atomic E-state index is 12.1. The smallest absolute Gasteiger partial charge is 0.227 e. The number of aromatic nitrogens is 3. The van der Waals surface area contributed by atoms with Crippen molar-refractivity contribution in [3.8, 4) is 5.82 Å². The third-order valence-electron chi connectivity index (χ3n) is 3.33. The fourth-order valence-corrected chi connectivity index (χ4v) is 2.21. The monoisotopic (exact) mass is 272 g/mol. The highest BCUT2D eigenvalue weighted by Crippen LogP contribution is 2.17. The van der Waals surface area contributed by atoms with Crippen LogP contribution in [0.25, 0.3) is 5.82 Å². The van der Waals surface area contributed by atoms with Crippen LogP contribution in [0.2, 0.25) is 0 Å². The molecule has 104 valence electrons. The molecule has 0 spiro atoms. The summed E-state index contributed by atoms with van der Waals surface area (Å²) in [6.07, 6.45) is 6.66. The molecule has 0 saturated carbocycles. The van der Waals surface area contributed by atoms with Gasteiger partial charge < -0.3 is 10.1 Å². The summed E-state index contributed by atoms with van der Waals surface area (Å²) in [6, 6.07) is 5.60. The Morgan fingerprint density at radius 1 is 1.35 bits per heavy atom. The number of nitrogens with zero attached hydrogens (tertiary/aromatic N) is 3. The minimum absolute atomic E-state index is 0.0296. The molecule has 1 aliphatic rings. The van der Waals surface area contributed by atoms with Gasteiger partial charge in [0, 0.05) is 25.3 Å². The average molecular weight is 272 g/mol. The normalized spacial score (nSPS) is 16.0. The van der Waals surface area contributed by atoms with Gasteiger partial charge in [-0.25, -0.2) is 9.67 Å². The molecule has 2 aromatic heterocycles. The summed E-state index contributed by atoms with van der Waals surface area (Å²) < 4.78 is 6.90. The molecule has 1 N–H and O–H groups in total. The third-order valence-corrected chi connectivity index (χ3v) is 3.33. The number of amides is 1. The van der Waals surface area contributed by atoms with Gasteiger partial charge in [-0.05, 0) is 25.0 Å². The summed E-state index contributed by atoms with van der Waals surface area (Å²) in [5, 5.41) is 7.10. The zero-order valence-corrected chi connectivity index (χ0v) is 11.0. The molecule has 1 aliphatic heterocycles. The van der Waals surface area contributed by atoms with Gasteiger partial charge in [-0.2, -0.15) is 5.10 Å². The van der Waals surface area contributed by atoms with Crippen molar-refractivity contribution in [1.29, 1.82) is 0 Å². The third kappa shape index (κ3) is 2.85. The topological polar surface area (TPSA) is 69.0 Å². The molecule has 0 bridgehead atoms. The Hall–Kier alpha value is -2.21. The molecule has 0 aliphatic carbocycles.